The van der Waals surface area contributed by atoms with Crippen molar-refractivity contribution in [3.05, 3.63) is 29.6 Å². The van der Waals surface area contributed by atoms with Gasteiger partial charge < -0.3 is 11.1 Å². The molecule has 0 aliphatic carbocycles. The molecule has 0 fully saturated rings. The van der Waals surface area contributed by atoms with E-state index in [1.54, 1.807) is 6.07 Å². The minimum absolute atomic E-state index is 0. The lowest BCUT2D eigenvalue weighted by Gasteiger charge is -2.31. The topological polar surface area (TPSA) is 68.0 Å². The molecule has 19 heavy (non-hydrogen) atoms. The molecule has 1 aromatic rings. The maximum Gasteiger partial charge on any atom is 0.270 e. The zero-order valence-corrected chi connectivity index (χ0v) is 13.2. The molecule has 0 unspecified atom stereocenters. The molecule has 1 amide bonds. The number of rotatable bonds is 5. The van der Waals surface area contributed by atoms with Crippen molar-refractivity contribution in [2.45, 2.75) is 39.2 Å². The van der Waals surface area contributed by atoms with Gasteiger partial charge in [-0.1, -0.05) is 19.9 Å². The number of nitrogens with two attached hydrogens (primary N) is 1. The fourth-order valence-electron chi connectivity index (χ4n) is 1.74. The van der Waals surface area contributed by atoms with Crippen molar-refractivity contribution < 1.29 is 4.79 Å². The number of aryl methyl sites for hydroxylation is 1. The van der Waals surface area contributed by atoms with E-state index in [2.05, 4.69) is 10.3 Å². The summed E-state index contributed by atoms with van der Waals surface area (Å²) in [6, 6.07) is 5.42. The monoisotopic (exact) mass is 307 g/mol. The maximum absolute atomic E-state index is 12.1. The molecular weight excluding hydrogens is 285 g/mol. The van der Waals surface area contributed by atoms with Crippen molar-refractivity contribution in [3.63, 3.8) is 0 Å². The van der Waals surface area contributed by atoms with E-state index in [0.717, 1.165) is 18.5 Å². The minimum atomic E-state index is -0.317. The molecule has 0 bridgehead atoms. The highest BCUT2D eigenvalue weighted by molar-refractivity contribution is 5.92. The third-order valence-corrected chi connectivity index (χ3v) is 3.24. The Bertz CT molecular complexity index is 387. The first-order chi connectivity index (χ1) is 8.06. The van der Waals surface area contributed by atoms with Gasteiger partial charge in [0.05, 0.1) is 5.54 Å². The summed E-state index contributed by atoms with van der Waals surface area (Å²) in [7, 11) is 0. The molecule has 0 aromatic carbocycles. The van der Waals surface area contributed by atoms with Crippen molar-refractivity contribution in [3.8, 4) is 0 Å². The molecule has 0 radical (unpaired) electrons. The zero-order chi connectivity index (χ0) is 12.9. The standard InChI is InChI=1S/C13H21N3O.2ClH/c1-4-13(5-2,9-14)16-12(17)11-8-6-7-10(3)15-11;;/h6-8H,4-5,9,14H2,1-3H3,(H,16,17);2*1H. The summed E-state index contributed by atoms with van der Waals surface area (Å²) in [5.41, 5.74) is 6.72. The number of aromatic nitrogens is 1. The second-order valence-corrected chi connectivity index (χ2v) is 4.31. The number of carbonyl (C=O) groups excluding carboxylic acids is 1. The lowest BCUT2D eigenvalue weighted by atomic mass is 9.93. The first-order valence-electron chi connectivity index (χ1n) is 6.03. The Balaban J connectivity index is 0. The fraction of sp³-hybridized carbons (Fsp3) is 0.538. The highest BCUT2D eigenvalue weighted by Gasteiger charge is 2.27. The first kappa shape index (κ1) is 20.5. The van der Waals surface area contributed by atoms with Crippen LogP contribution < -0.4 is 11.1 Å². The molecule has 6 heteroatoms. The van der Waals surface area contributed by atoms with E-state index in [0.29, 0.717) is 12.2 Å². The van der Waals surface area contributed by atoms with Crippen LogP contribution in [0.4, 0.5) is 0 Å². The highest BCUT2D eigenvalue weighted by Crippen LogP contribution is 2.14. The van der Waals surface area contributed by atoms with Gasteiger partial charge in [0.1, 0.15) is 5.69 Å². The summed E-state index contributed by atoms with van der Waals surface area (Å²) >= 11 is 0. The average Bonchev–Trinajstić information content (AvgIpc) is 2.36. The van der Waals surface area contributed by atoms with Crippen molar-refractivity contribution in [2.75, 3.05) is 6.54 Å². The van der Waals surface area contributed by atoms with E-state index in [4.69, 9.17) is 5.73 Å². The molecule has 0 aliphatic rings. The van der Waals surface area contributed by atoms with Gasteiger partial charge in [-0.15, -0.1) is 24.8 Å². The lowest BCUT2D eigenvalue weighted by Crippen LogP contribution is -2.53. The molecule has 1 aromatic heterocycles. The molecule has 0 aliphatic heterocycles. The van der Waals surface area contributed by atoms with Crippen molar-refractivity contribution in [2.24, 2.45) is 5.73 Å². The predicted molar refractivity (Wildman–Crippen MR) is 83.3 cm³/mol. The summed E-state index contributed by atoms with van der Waals surface area (Å²) in [5, 5.41) is 3.00. The molecule has 0 atom stereocenters. The van der Waals surface area contributed by atoms with E-state index in [-0.39, 0.29) is 36.3 Å². The Morgan fingerprint density at radius 3 is 2.32 bits per heavy atom. The molecule has 0 spiro atoms. The Morgan fingerprint density at radius 2 is 1.89 bits per heavy atom. The van der Waals surface area contributed by atoms with Gasteiger partial charge in [-0.25, -0.2) is 4.98 Å². The third kappa shape index (κ3) is 5.35. The molecule has 3 N–H and O–H groups in total. The Labute approximate surface area is 127 Å². The Morgan fingerprint density at radius 1 is 1.32 bits per heavy atom. The van der Waals surface area contributed by atoms with Crippen LogP contribution in [0.1, 0.15) is 42.9 Å². The number of hydrogen-bond donors (Lipinski definition) is 2. The number of amides is 1. The molecule has 1 rings (SSSR count). The van der Waals surface area contributed by atoms with Gasteiger partial charge >= 0.3 is 0 Å². The summed E-state index contributed by atoms with van der Waals surface area (Å²) in [6.45, 7) is 6.37. The summed E-state index contributed by atoms with van der Waals surface area (Å²) in [5.74, 6) is -0.150. The van der Waals surface area contributed by atoms with Gasteiger partial charge in [-0.2, -0.15) is 0 Å². The van der Waals surface area contributed by atoms with Crippen molar-refractivity contribution >= 4 is 30.7 Å². The van der Waals surface area contributed by atoms with Crippen molar-refractivity contribution in [1.29, 1.82) is 0 Å². The normalized spacial score (nSPS) is 10.1. The van der Waals surface area contributed by atoms with Crippen LogP contribution in [0.15, 0.2) is 18.2 Å². The number of nitrogens with zero attached hydrogens (tertiary/aromatic N) is 1. The van der Waals surface area contributed by atoms with E-state index in [1.165, 1.54) is 0 Å². The van der Waals surface area contributed by atoms with Gasteiger partial charge in [0.2, 0.25) is 0 Å². The summed E-state index contributed by atoms with van der Waals surface area (Å²) in [6.07, 6.45) is 1.63. The predicted octanol–water partition coefficient (Wildman–Crippen LogP) is 2.48. The van der Waals surface area contributed by atoms with Crippen LogP contribution in [0.25, 0.3) is 0 Å². The van der Waals surface area contributed by atoms with E-state index < -0.39 is 0 Å². The molecule has 4 nitrogen and oxygen atoms in total. The molecule has 1 heterocycles. The van der Waals surface area contributed by atoms with Crippen LogP contribution in [0, 0.1) is 6.92 Å². The highest BCUT2D eigenvalue weighted by atomic mass is 35.5. The maximum atomic E-state index is 12.1. The van der Waals surface area contributed by atoms with Gasteiger partial charge in [-0.05, 0) is 31.9 Å². The molecule has 0 saturated carbocycles. The SMILES string of the molecule is CCC(CC)(CN)NC(=O)c1cccc(C)n1.Cl.Cl. The zero-order valence-electron chi connectivity index (χ0n) is 11.6. The number of halogens is 2. The van der Waals surface area contributed by atoms with Crippen LogP contribution in [-0.2, 0) is 0 Å². The van der Waals surface area contributed by atoms with Crippen LogP contribution >= 0.6 is 24.8 Å². The molecule has 110 valence electrons. The van der Waals surface area contributed by atoms with Gasteiger partial charge in [0, 0.05) is 12.2 Å². The number of nitrogens with one attached hydrogen (secondary N) is 1. The number of pyridine rings is 1. The average molecular weight is 308 g/mol. The van der Waals surface area contributed by atoms with Crippen LogP contribution in [0.5, 0.6) is 0 Å². The van der Waals surface area contributed by atoms with Gasteiger partial charge in [0.25, 0.3) is 5.91 Å². The van der Waals surface area contributed by atoms with E-state index >= 15 is 0 Å². The summed E-state index contributed by atoms with van der Waals surface area (Å²) in [4.78, 5) is 16.3. The Hall–Kier alpha value is -0.840. The largest absolute Gasteiger partial charge is 0.344 e. The second-order valence-electron chi connectivity index (χ2n) is 4.31. The first-order valence-corrected chi connectivity index (χ1v) is 6.03. The minimum Gasteiger partial charge on any atom is -0.344 e. The molecule has 0 saturated heterocycles. The Kier molecular flexibility index (Phi) is 9.84. The fourth-order valence-corrected chi connectivity index (χ4v) is 1.74. The number of hydrogen-bond acceptors (Lipinski definition) is 3. The second kappa shape index (κ2) is 9.13. The number of carbonyl (C=O) groups is 1. The van der Waals surface area contributed by atoms with E-state index in [1.807, 2.05) is 32.9 Å². The summed E-state index contributed by atoms with van der Waals surface area (Å²) < 4.78 is 0. The quantitative estimate of drug-likeness (QED) is 0.878. The van der Waals surface area contributed by atoms with Crippen molar-refractivity contribution in [1.82, 2.24) is 10.3 Å². The van der Waals surface area contributed by atoms with Crippen LogP contribution in [-0.4, -0.2) is 23.0 Å². The van der Waals surface area contributed by atoms with Gasteiger partial charge in [0.15, 0.2) is 0 Å². The van der Waals surface area contributed by atoms with Crippen LogP contribution in [0.3, 0.4) is 0 Å². The van der Waals surface area contributed by atoms with Crippen LogP contribution in [0.2, 0.25) is 0 Å². The lowest BCUT2D eigenvalue weighted by molar-refractivity contribution is 0.0890. The smallest absolute Gasteiger partial charge is 0.270 e. The van der Waals surface area contributed by atoms with E-state index in [9.17, 15) is 4.79 Å². The third-order valence-electron chi connectivity index (χ3n) is 3.24. The van der Waals surface area contributed by atoms with Gasteiger partial charge in [-0.3, -0.25) is 4.79 Å². The molecular formula is C13H23Cl2N3O.